The maximum absolute atomic E-state index is 13.5. The summed E-state index contributed by atoms with van der Waals surface area (Å²) in [5.74, 6) is -0.406. The van der Waals surface area contributed by atoms with Crippen LogP contribution in [0.25, 0.3) is 0 Å². The average molecular weight is 360 g/mol. The van der Waals surface area contributed by atoms with E-state index in [1.807, 2.05) is 0 Å². The molecule has 0 spiro atoms. The topological polar surface area (TPSA) is 76.7 Å². The molecule has 0 aliphatic carbocycles. The molecule has 2 aromatic rings. The Balaban J connectivity index is 1.85. The van der Waals surface area contributed by atoms with Crippen molar-refractivity contribution in [2.45, 2.75) is 13.0 Å². The highest BCUT2D eigenvalue weighted by Gasteiger charge is 2.13. The third-order valence-corrected chi connectivity index (χ3v) is 3.76. The van der Waals surface area contributed by atoms with Crippen molar-refractivity contribution in [3.05, 3.63) is 65.0 Å². The number of rotatable bonds is 7. The normalized spacial score (nSPS) is 10.1. The van der Waals surface area contributed by atoms with Crippen molar-refractivity contribution in [2.75, 3.05) is 20.8 Å². The van der Waals surface area contributed by atoms with Crippen LogP contribution in [0.15, 0.2) is 42.5 Å². The van der Waals surface area contributed by atoms with Crippen molar-refractivity contribution in [2.24, 2.45) is 0 Å². The fraction of sp³-hybridized carbons (Fsp3) is 0.263. The number of carbonyl (C=O) groups is 2. The second-order valence-corrected chi connectivity index (χ2v) is 5.48. The molecule has 138 valence electrons. The zero-order chi connectivity index (χ0) is 18.9. The number of benzene rings is 2. The highest BCUT2D eigenvalue weighted by Crippen LogP contribution is 2.20. The van der Waals surface area contributed by atoms with Crippen molar-refractivity contribution >= 4 is 12.0 Å². The van der Waals surface area contributed by atoms with Gasteiger partial charge in [-0.15, -0.1) is 0 Å². The molecule has 0 aromatic heterocycles. The SMILES string of the molecule is COC(=O)c1cc(CNC(=O)NCCc2ccccc2F)ccc1OC. The molecule has 2 aromatic carbocycles. The zero-order valence-corrected chi connectivity index (χ0v) is 14.7. The van der Waals surface area contributed by atoms with Gasteiger partial charge in [-0.1, -0.05) is 24.3 Å². The smallest absolute Gasteiger partial charge is 0.341 e. The minimum atomic E-state index is -0.516. The molecule has 0 bridgehead atoms. The largest absolute Gasteiger partial charge is 0.496 e. The van der Waals surface area contributed by atoms with Gasteiger partial charge in [-0.25, -0.2) is 14.0 Å². The molecular formula is C19H21FN2O4. The first kappa shape index (κ1) is 19.2. The number of amides is 2. The van der Waals surface area contributed by atoms with Crippen LogP contribution in [0.2, 0.25) is 0 Å². The summed E-state index contributed by atoms with van der Waals surface area (Å²) in [7, 11) is 2.75. The van der Waals surface area contributed by atoms with E-state index in [1.165, 1.54) is 20.3 Å². The lowest BCUT2D eigenvalue weighted by molar-refractivity contribution is 0.0597. The minimum Gasteiger partial charge on any atom is -0.496 e. The van der Waals surface area contributed by atoms with Crippen LogP contribution in [0.3, 0.4) is 0 Å². The van der Waals surface area contributed by atoms with Gasteiger partial charge in [-0.05, 0) is 35.7 Å². The van der Waals surface area contributed by atoms with Gasteiger partial charge in [0.1, 0.15) is 17.1 Å². The number of urea groups is 1. The second-order valence-electron chi connectivity index (χ2n) is 5.48. The summed E-state index contributed by atoms with van der Waals surface area (Å²) in [6, 6.07) is 11.0. The van der Waals surface area contributed by atoms with Crippen LogP contribution in [-0.2, 0) is 17.7 Å². The number of nitrogens with one attached hydrogen (secondary N) is 2. The molecule has 0 aliphatic heterocycles. The number of carbonyl (C=O) groups excluding carboxylic acids is 2. The number of hydrogen-bond donors (Lipinski definition) is 2. The molecule has 0 radical (unpaired) electrons. The van der Waals surface area contributed by atoms with Gasteiger partial charge in [0.15, 0.2) is 0 Å². The summed E-state index contributed by atoms with van der Waals surface area (Å²) in [5, 5.41) is 5.35. The summed E-state index contributed by atoms with van der Waals surface area (Å²) < 4.78 is 23.3. The molecule has 0 unspecified atom stereocenters. The molecule has 26 heavy (non-hydrogen) atoms. The number of ether oxygens (including phenoxy) is 2. The first-order valence-corrected chi connectivity index (χ1v) is 8.05. The van der Waals surface area contributed by atoms with Gasteiger partial charge in [-0.3, -0.25) is 0 Å². The van der Waals surface area contributed by atoms with Crippen molar-refractivity contribution in [3.8, 4) is 5.75 Å². The Hall–Kier alpha value is -3.09. The molecule has 6 nitrogen and oxygen atoms in total. The maximum Gasteiger partial charge on any atom is 0.341 e. The van der Waals surface area contributed by atoms with Crippen molar-refractivity contribution in [3.63, 3.8) is 0 Å². The summed E-state index contributed by atoms with van der Waals surface area (Å²) in [4.78, 5) is 23.6. The molecule has 0 saturated carbocycles. The van der Waals surface area contributed by atoms with Crippen LogP contribution >= 0.6 is 0 Å². The van der Waals surface area contributed by atoms with E-state index in [0.29, 0.717) is 24.3 Å². The number of halogens is 1. The summed E-state index contributed by atoms with van der Waals surface area (Å²) in [6.45, 7) is 0.530. The average Bonchev–Trinajstić information content (AvgIpc) is 2.67. The Morgan fingerprint density at radius 1 is 1.08 bits per heavy atom. The van der Waals surface area contributed by atoms with Gasteiger partial charge >= 0.3 is 12.0 Å². The molecule has 2 amide bonds. The lowest BCUT2D eigenvalue weighted by Crippen LogP contribution is -2.36. The molecule has 2 N–H and O–H groups in total. The number of esters is 1. The molecule has 0 fully saturated rings. The number of hydrogen-bond acceptors (Lipinski definition) is 4. The first-order valence-electron chi connectivity index (χ1n) is 8.05. The van der Waals surface area contributed by atoms with E-state index < -0.39 is 5.97 Å². The van der Waals surface area contributed by atoms with Crippen molar-refractivity contribution in [1.82, 2.24) is 10.6 Å². The van der Waals surface area contributed by atoms with E-state index in [4.69, 9.17) is 9.47 Å². The van der Waals surface area contributed by atoms with E-state index in [1.54, 1.807) is 36.4 Å². The van der Waals surface area contributed by atoms with E-state index in [2.05, 4.69) is 10.6 Å². The fourth-order valence-corrected chi connectivity index (χ4v) is 2.39. The van der Waals surface area contributed by atoms with E-state index in [0.717, 1.165) is 5.56 Å². The number of methoxy groups -OCH3 is 2. The maximum atomic E-state index is 13.5. The third-order valence-electron chi connectivity index (χ3n) is 3.76. The highest BCUT2D eigenvalue weighted by molar-refractivity contribution is 5.92. The Morgan fingerprint density at radius 3 is 2.54 bits per heavy atom. The van der Waals surface area contributed by atoms with Gasteiger partial charge in [0, 0.05) is 13.1 Å². The zero-order valence-electron chi connectivity index (χ0n) is 14.7. The predicted molar refractivity (Wildman–Crippen MR) is 94.7 cm³/mol. The molecule has 0 aliphatic rings. The fourth-order valence-electron chi connectivity index (χ4n) is 2.39. The first-order chi connectivity index (χ1) is 12.5. The summed E-state index contributed by atoms with van der Waals surface area (Å²) in [5.41, 5.74) is 1.55. The Bertz CT molecular complexity index is 780. The Labute approximate surface area is 151 Å². The van der Waals surface area contributed by atoms with Gasteiger partial charge in [0.2, 0.25) is 0 Å². The van der Waals surface area contributed by atoms with Crippen LogP contribution in [0.1, 0.15) is 21.5 Å². The van der Waals surface area contributed by atoms with Gasteiger partial charge in [0.25, 0.3) is 0 Å². The molecule has 0 heterocycles. The van der Waals surface area contributed by atoms with Crippen LogP contribution in [-0.4, -0.2) is 32.8 Å². The summed E-state index contributed by atoms with van der Waals surface area (Å²) in [6.07, 6.45) is 0.398. The quantitative estimate of drug-likeness (QED) is 0.745. The third kappa shape index (κ3) is 5.20. The second kappa shape index (κ2) is 9.41. The molecule has 2 rings (SSSR count). The van der Waals surface area contributed by atoms with Crippen LogP contribution in [0.5, 0.6) is 5.75 Å². The van der Waals surface area contributed by atoms with E-state index >= 15 is 0 Å². The van der Waals surface area contributed by atoms with Gasteiger partial charge in [0.05, 0.1) is 14.2 Å². The molecule has 7 heteroatoms. The van der Waals surface area contributed by atoms with Gasteiger partial charge in [-0.2, -0.15) is 0 Å². The summed E-state index contributed by atoms with van der Waals surface area (Å²) >= 11 is 0. The lowest BCUT2D eigenvalue weighted by Gasteiger charge is -2.11. The highest BCUT2D eigenvalue weighted by atomic mass is 19.1. The van der Waals surface area contributed by atoms with Gasteiger partial charge < -0.3 is 20.1 Å². The van der Waals surface area contributed by atoms with Crippen LogP contribution in [0.4, 0.5) is 9.18 Å². The minimum absolute atomic E-state index is 0.222. The lowest BCUT2D eigenvalue weighted by atomic mass is 10.1. The van der Waals surface area contributed by atoms with Crippen molar-refractivity contribution < 1.29 is 23.5 Å². The monoisotopic (exact) mass is 360 g/mol. The molecule has 0 atom stereocenters. The standard InChI is InChI=1S/C19H21FN2O4/c1-25-17-8-7-13(11-15(17)18(23)26-2)12-22-19(24)21-10-9-14-5-3-4-6-16(14)20/h3-8,11H,9-10,12H2,1-2H3,(H2,21,22,24). The van der Waals surface area contributed by atoms with Crippen LogP contribution < -0.4 is 15.4 Å². The molecular weight excluding hydrogens is 339 g/mol. The van der Waals surface area contributed by atoms with Crippen molar-refractivity contribution in [1.29, 1.82) is 0 Å². The predicted octanol–water partition coefficient (Wildman–Crippen LogP) is 2.66. The Morgan fingerprint density at radius 2 is 1.85 bits per heavy atom. The van der Waals surface area contributed by atoms with Crippen LogP contribution in [0, 0.1) is 5.82 Å². The Kier molecular flexibility index (Phi) is 6.96. The van der Waals surface area contributed by atoms with E-state index in [9.17, 15) is 14.0 Å². The molecule has 0 saturated heterocycles. The van der Waals surface area contributed by atoms with E-state index in [-0.39, 0.29) is 24.0 Å².